The molecule has 3 nitrogen and oxygen atoms in total. The average molecular weight is 630 g/mol. The molecule has 0 aromatic heterocycles. The first-order chi connectivity index (χ1) is 22.0. The summed E-state index contributed by atoms with van der Waals surface area (Å²) in [6.07, 6.45) is 51.1. The van der Waals surface area contributed by atoms with Gasteiger partial charge in [0.1, 0.15) is 0 Å². The second-order valence-electron chi connectivity index (χ2n) is 13.6. The lowest BCUT2D eigenvalue weighted by atomic mass is 9.98. The average Bonchev–Trinajstić information content (AvgIpc) is 3.02. The molecule has 45 heavy (non-hydrogen) atoms. The monoisotopic (exact) mass is 630 g/mol. The van der Waals surface area contributed by atoms with Crippen LogP contribution in [0, 0.1) is 0 Å². The van der Waals surface area contributed by atoms with E-state index in [-0.39, 0.29) is 0 Å². The van der Waals surface area contributed by atoms with Crippen LogP contribution in [0.2, 0.25) is 0 Å². The predicted octanol–water partition coefficient (Wildman–Crippen LogP) is 13.1. The van der Waals surface area contributed by atoms with Crippen LogP contribution in [-0.4, -0.2) is 43.0 Å². The fourth-order valence-electron chi connectivity index (χ4n) is 5.69. The van der Waals surface area contributed by atoms with Gasteiger partial charge in [-0.3, -0.25) is 0 Å². The van der Waals surface area contributed by atoms with Gasteiger partial charge in [-0.05, 0) is 104 Å². The van der Waals surface area contributed by atoms with Crippen molar-refractivity contribution in [2.75, 3.05) is 27.2 Å². The number of aliphatic hydroxyl groups is 1. The zero-order valence-electron chi connectivity index (χ0n) is 30.9. The lowest BCUT2D eigenvalue weighted by Crippen LogP contribution is -2.33. The van der Waals surface area contributed by atoms with Gasteiger partial charge in [-0.2, -0.15) is 0 Å². The van der Waals surface area contributed by atoms with Gasteiger partial charge >= 0.3 is 0 Å². The number of unbranched alkanes of at least 4 members (excludes halogenated alkanes) is 18. The molecule has 0 aliphatic carbocycles. The molecule has 0 aliphatic heterocycles. The highest BCUT2D eigenvalue weighted by atomic mass is 16.6. The van der Waals surface area contributed by atoms with Crippen molar-refractivity contribution in [2.45, 2.75) is 193 Å². The minimum absolute atomic E-state index is 0.652. The Morgan fingerprint density at radius 2 is 0.822 bits per heavy atom. The van der Waals surface area contributed by atoms with Gasteiger partial charge in [0, 0.05) is 12.8 Å². The van der Waals surface area contributed by atoms with Crippen molar-refractivity contribution in [3.8, 4) is 0 Å². The fourth-order valence-corrected chi connectivity index (χ4v) is 5.69. The van der Waals surface area contributed by atoms with E-state index in [2.05, 4.69) is 81.5 Å². The molecule has 0 radical (unpaired) electrons. The smallest absolute Gasteiger partial charge is 0.165 e. The third-order valence-electron chi connectivity index (χ3n) is 8.66. The molecule has 264 valence electrons. The second-order valence-corrected chi connectivity index (χ2v) is 13.6. The molecule has 0 fully saturated rings. The maximum atomic E-state index is 11.3. The van der Waals surface area contributed by atoms with Crippen LogP contribution in [-0.2, 0) is 4.74 Å². The van der Waals surface area contributed by atoms with Crippen molar-refractivity contribution < 1.29 is 9.84 Å². The SMILES string of the molecule is CCCCC/C=C\C/C=C\CCCCCCCCC(O)(CCCCCCCC/C=C\C/C=C\CCCCC)OCCCN(C)C. The summed E-state index contributed by atoms with van der Waals surface area (Å²) < 4.78 is 6.13. The van der Waals surface area contributed by atoms with E-state index in [0.29, 0.717) is 6.61 Å². The summed E-state index contributed by atoms with van der Waals surface area (Å²) >= 11 is 0. The third-order valence-corrected chi connectivity index (χ3v) is 8.66. The quantitative estimate of drug-likeness (QED) is 0.0430. The van der Waals surface area contributed by atoms with Crippen LogP contribution in [0.3, 0.4) is 0 Å². The molecule has 0 unspecified atom stereocenters. The van der Waals surface area contributed by atoms with E-state index in [0.717, 1.165) is 51.5 Å². The molecule has 0 aliphatic rings. The summed E-state index contributed by atoms with van der Waals surface area (Å²) in [5, 5.41) is 11.3. The third kappa shape index (κ3) is 35.5. The number of rotatable bonds is 35. The molecule has 0 bridgehead atoms. The zero-order chi connectivity index (χ0) is 32.9. The Labute approximate surface area is 283 Å². The lowest BCUT2D eigenvalue weighted by molar-refractivity contribution is -0.214. The number of hydrogen-bond donors (Lipinski definition) is 1. The Morgan fingerprint density at radius 1 is 0.467 bits per heavy atom. The van der Waals surface area contributed by atoms with Crippen molar-refractivity contribution in [1.82, 2.24) is 4.90 Å². The number of allylic oxidation sites excluding steroid dienone is 8. The van der Waals surface area contributed by atoms with E-state index in [9.17, 15) is 5.11 Å². The fraction of sp³-hybridized carbons (Fsp3) is 0.810. The Kier molecular flexibility index (Phi) is 34.8. The van der Waals surface area contributed by atoms with E-state index < -0.39 is 5.79 Å². The van der Waals surface area contributed by atoms with Gasteiger partial charge in [0.25, 0.3) is 0 Å². The molecule has 0 rings (SSSR count). The molecule has 0 heterocycles. The topological polar surface area (TPSA) is 32.7 Å². The largest absolute Gasteiger partial charge is 0.365 e. The molecule has 1 N–H and O–H groups in total. The maximum Gasteiger partial charge on any atom is 0.165 e. The van der Waals surface area contributed by atoms with E-state index in [1.54, 1.807) is 0 Å². The van der Waals surface area contributed by atoms with Crippen molar-refractivity contribution in [3.05, 3.63) is 48.6 Å². The molecule has 0 aromatic rings. The zero-order valence-corrected chi connectivity index (χ0v) is 30.9. The van der Waals surface area contributed by atoms with E-state index in [1.807, 2.05) is 0 Å². The highest BCUT2D eigenvalue weighted by Gasteiger charge is 2.26. The number of nitrogens with zero attached hydrogens (tertiary/aromatic N) is 1. The first-order valence-corrected chi connectivity index (χ1v) is 19.6. The van der Waals surface area contributed by atoms with Crippen molar-refractivity contribution in [2.24, 2.45) is 0 Å². The second kappa shape index (κ2) is 35.7. The minimum atomic E-state index is -0.934. The van der Waals surface area contributed by atoms with Gasteiger partial charge in [0.05, 0.1) is 6.61 Å². The first kappa shape index (κ1) is 43.8. The molecule has 0 aromatic carbocycles. The molecule has 0 atom stereocenters. The number of hydrogen-bond acceptors (Lipinski definition) is 3. The van der Waals surface area contributed by atoms with Crippen LogP contribution >= 0.6 is 0 Å². The first-order valence-electron chi connectivity index (χ1n) is 19.6. The minimum Gasteiger partial charge on any atom is -0.365 e. The Morgan fingerprint density at radius 3 is 1.20 bits per heavy atom. The molecule has 3 heteroatoms. The van der Waals surface area contributed by atoms with E-state index >= 15 is 0 Å². The Hall–Kier alpha value is -1.16. The van der Waals surface area contributed by atoms with Crippen LogP contribution in [0.4, 0.5) is 0 Å². The van der Waals surface area contributed by atoms with Crippen LogP contribution in [0.5, 0.6) is 0 Å². The van der Waals surface area contributed by atoms with Gasteiger partial charge in [-0.25, -0.2) is 0 Å². The van der Waals surface area contributed by atoms with Crippen molar-refractivity contribution in [1.29, 1.82) is 0 Å². The maximum absolute atomic E-state index is 11.3. The molecule has 0 saturated heterocycles. The van der Waals surface area contributed by atoms with Crippen molar-refractivity contribution >= 4 is 0 Å². The van der Waals surface area contributed by atoms with Gasteiger partial charge in [-0.1, -0.05) is 140 Å². The summed E-state index contributed by atoms with van der Waals surface area (Å²) in [4.78, 5) is 2.19. The molecule has 0 amide bonds. The van der Waals surface area contributed by atoms with Crippen LogP contribution < -0.4 is 0 Å². The van der Waals surface area contributed by atoms with E-state index in [4.69, 9.17) is 4.74 Å². The van der Waals surface area contributed by atoms with Gasteiger partial charge in [0.15, 0.2) is 5.79 Å². The lowest BCUT2D eigenvalue weighted by Gasteiger charge is -2.29. The van der Waals surface area contributed by atoms with Crippen molar-refractivity contribution in [3.63, 3.8) is 0 Å². The summed E-state index contributed by atoms with van der Waals surface area (Å²) in [5.41, 5.74) is 0. The van der Waals surface area contributed by atoms with Crippen LogP contribution in [0.15, 0.2) is 48.6 Å². The predicted molar refractivity (Wildman–Crippen MR) is 202 cm³/mol. The summed E-state index contributed by atoms with van der Waals surface area (Å²) in [7, 11) is 4.20. The van der Waals surface area contributed by atoms with Gasteiger partial charge in [-0.15, -0.1) is 0 Å². The highest BCUT2D eigenvalue weighted by molar-refractivity contribution is 4.93. The summed E-state index contributed by atoms with van der Waals surface area (Å²) in [6, 6.07) is 0. The Balaban J connectivity index is 3.98. The van der Waals surface area contributed by atoms with Gasteiger partial charge < -0.3 is 14.7 Å². The molecular formula is C42H79NO2. The molecule has 0 saturated carbocycles. The molecular weight excluding hydrogens is 550 g/mol. The highest BCUT2D eigenvalue weighted by Crippen LogP contribution is 2.25. The standard InChI is InChI=1S/C42H79NO2/c1-5-7-9-11-13-15-17-19-21-23-25-27-29-31-33-35-38-42(44,45-41-37-40-43(3)4)39-36-34-32-30-28-26-24-22-20-18-16-14-12-10-8-6-2/h13-16,19-22,44H,5-12,17-18,23-41H2,1-4H3/b15-13-,16-14-,21-19-,22-20-. The van der Waals surface area contributed by atoms with E-state index in [1.165, 1.54) is 128 Å². The summed E-state index contributed by atoms with van der Waals surface area (Å²) in [5.74, 6) is -0.934. The van der Waals surface area contributed by atoms with Crippen LogP contribution in [0.25, 0.3) is 0 Å². The van der Waals surface area contributed by atoms with Gasteiger partial charge in [0.2, 0.25) is 0 Å². The Bertz CT molecular complexity index is 645. The molecule has 0 spiro atoms. The van der Waals surface area contributed by atoms with Crippen LogP contribution in [0.1, 0.15) is 187 Å². The normalized spacial score (nSPS) is 12.8. The summed E-state index contributed by atoms with van der Waals surface area (Å²) in [6.45, 7) is 6.18. The number of ether oxygens (including phenoxy) is 1.